The van der Waals surface area contributed by atoms with Crippen LogP contribution in [-0.2, 0) is 11.2 Å². The molecule has 0 saturated carbocycles. The monoisotopic (exact) mass is 252 g/mol. The SMILES string of the molecule is N[C@H]1CCN(C(=O)CCc2cccc(Cl)c2)C1. The molecule has 1 heterocycles. The van der Waals surface area contributed by atoms with E-state index < -0.39 is 0 Å². The number of carbonyl (C=O) groups is 1. The molecule has 1 atom stereocenters. The summed E-state index contributed by atoms with van der Waals surface area (Å²) in [6.07, 6.45) is 2.20. The van der Waals surface area contributed by atoms with Crippen LogP contribution in [0, 0.1) is 0 Å². The highest BCUT2D eigenvalue weighted by Gasteiger charge is 2.22. The normalized spacial score (nSPS) is 19.6. The molecule has 1 amide bonds. The van der Waals surface area contributed by atoms with Crippen LogP contribution in [0.4, 0.5) is 0 Å². The highest BCUT2D eigenvalue weighted by atomic mass is 35.5. The summed E-state index contributed by atoms with van der Waals surface area (Å²) in [5, 5.41) is 0.721. The second kappa shape index (κ2) is 5.52. The Labute approximate surface area is 107 Å². The number of benzene rings is 1. The van der Waals surface area contributed by atoms with E-state index in [1.807, 2.05) is 29.2 Å². The summed E-state index contributed by atoms with van der Waals surface area (Å²) in [7, 11) is 0. The van der Waals surface area contributed by atoms with Gasteiger partial charge in [0.15, 0.2) is 0 Å². The Morgan fingerprint density at radius 1 is 1.53 bits per heavy atom. The molecule has 1 aliphatic heterocycles. The zero-order chi connectivity index (χ0) is 12.3. The van der Waals surface area contributed by atoms with E-state index in [-0.39, 0.29) is 11.9 Å². The van der Waals surface area contributed by atoms with E-state index in [4.69, 9.17) is 17.3 Å². The minimum atomic E-state index is 0.158. The fourth-order valence-corrected chi connectivity index (χ4v) is 2.33. The lowest BCUT2D eigenvalue weighted by Crippen LogP contribution is -2.31. The van der Waals surface area contributed by atoms with Gasteiger partial charge in [-0.2, -0.15) is 0 Å². The molecule has 92 valence electrons. The van der Waals surface area contributed by atoms with Crippen LogP contribution in [0.1, 0.15) is 18.4 Å². The van der Waals surface area contributed by atoms with E-state index in [1.54, 1.807) is 0 Å². The highest BCUT2D eigenvalue weighted by Crippen LogP contribution is 2.14. The minimum absolute atomic E-state index is 0.158. The average molecular weight is 253 g/mol. The first kappa shape index (κ1) is 12.4. The zero-order valence-electron chi connectivity index (χ0n) is 9.73. The first-order valence-electron chi connectivity index (χ1n) is 5.93. The van der Waals surface area contributed by atoms with Crippen molar-refractivity contribution in [3.8, 4) is 0 Å². The molecule has 2 rings (SSSR count). The largest absolute Gasteiger partial charge is 0.341 e. The molecule has 1 saturated heterocycles. The second-order valence-corrected chi connectivity index (χ2v) is 4.95. The van der Waals surface area contributed by atoms with Crippen LogP contribution < -0.4 is 5.73 Å². The molecular formula is C13H17ClN2O. The molecule has 4 heteroatoms. The molecule has 0 aromatic heterocycles. The Morgan fingerprint density at radius 2 is 2.35 bits per heavy atom. The van der Waals surface area contributed by atoms with Crippen molar-refractivity contribution in [3.05, 3.63) is 34.9 Å². The van der Waals surface area contributed by atoms with Crippen molar-refractivity contribution in [3.63, 3.8) is 0 Å². The first-order chi connectivity index (χ1) is 8.15. The molecule has 0 spiro atoms. The van der Waals surface area contributed by atoms with Gasteiger partial charge in [0.2, 0.25) is 5.91 Å². The number of halogens is 1. The van der Waals surface area contributed by atoms with Gasteiger partial charge in [0, 0.05) is 30.6 Å². The van der Waals surface area contributed by atoms with Gasteiger partial charge < -0.3 is 10.6 Å². The van der Waals surface area contributed by atoms with Crippen LogP contribution in [0.5, 0.6) is 0 Å². The lowest BCUT2D eigenvalue weighted by atomic mass is 10.1. The van der Waals surface area contributed by atoms with Crippen molar-refractivity contribution in [2.75, 3.05) is 13.1 Å². The van der Waals surface area contributed by atoms with Gasteiger partial charge in [0.05, 0.1) is 0 Å². The summed E-state index contributed by atoms with van der Waals surface area (Å²) in [6.45, 7) is 1.50. The summed E-state index contributed by atoms with van der Waals surface area (Å²) in [5.74, 6) is 0.193. The molecule has 17 heavy (non-hydrogen) atoms. The third-order valence-corrected chi connectivity index (χ3v) is 3.33. The van der Waals surface area contributed by atoms with E-state index in [0.717, 1.165) is 30.0 Å². The van der Waals surface area contributed by atoms with E-state index in [2.05, 4.69) is 0 Å². The van der Waals surface area contributed by atoms with Gasteiger partial charge in [-0.05, 0) is 30.5 Å². The Balaban J connectivity index is 1.84. The van der Waals surface area contributed by atoms with Gasteiger partial charge in [-0.1, -0.05) is 23.7 Å². The van der Waals surface area contributed by atoms with E-state index >= 15 is 0 Å². The minimum Gasteiger partial charge on any atom is -0.341 e. The highest BCUT2D eigenvalue weighted by molar-refractivity contribution is 6.30. The van der Waals surface area contributed by atoms with Crippen LogP contribution in [-0.4, -0.2) is 29.9 Å². The molecule has 2 N–H and O–H groups in total. The molecular weight excluding hydrogens is 236 g/mol. The number of amides is 1. The maximum absolute atomic E-state index is 11.9. The van der Waals surface area contributed by atoms with Crippen molar-refractivity contribution in [1.82, 2.24) is 4.90 Å². The number of hydrogen-bond acceptors (Lipinski definition) is 2. The topological polar surface area (TPSA) is 46.3 Å². The number of aryl methyl sites for hydroxylation is 1. The summed E-state index contributed by atoms with van der Waals surface area (Å²) < 4.78 is 0. The fourth-order valence-electron chi connectivity index (χ4n) is 2.12. The number of hydrogen-bond donors (Lipinski definition) is 1. The van der Waals surface area contributed by atoms with Crippen LogP contribution in [0.2, 0.25) is 5.02 Å². The molecule has 0 bridgehead atoms. The summed E-state index contributed by atoms with van der Waals surface area (Å²) in [5.41, 5.74) is 6.88. The summed E-state index contributed by atoms with van der Waals surface area (Å²) in [6, 6.07) is 7.81. The number of carbonyl (C=O) groups excluding carboxylic acids is 1. The van der Waals surface area contributed by atoms with Crippen molar-refractivity contribution >= 4 is 17.5 Å². The molecule has 1 aromatic carbocycles. The standard InChI is InChI=1S/C13H17ClN2O/c14-11-3-1-2-10(8-11)4-5-13(17)16-7-6-12(15)9-16/h1-3,8,12H,4-7,9,15H2/t12-/m0/s1. The van der Waals surface area contributed by atoms with Gasteiger partial charge in [-0.25, -0.2) is 0 Å². The van der Waals surface area contributed by atoms with Gasteiger partial charge in [0.1, 0.15) is 0 Å². The average Bonchev–Trinajstić information content (AvgIpc) is 2.73. The molecule has 3 nitrogen and oxygen atoms in total. The number of likely N-dealkylation sites (tertiary alicyclic amines) is 1. The number of rotatable bonds is 3. The maximum atomic E-state index is 11.9. The van der Waals surface area contributed by atoms with Crippen molar-refractivity contribution in [2.24, 2.45) is 5.73 Å². The summed E-state index contributed by atoms with van der Waals surface area (Å²) in [4.78, 5) is 13.7. The molecule has 1 aromatic rings. The van der Waals surface area contributed by atoms with E-state index in [9.17, 15) is 4.79 Å². The molecule has 1 aliphatic rings. The second-order valence-electron chi connectivity index (χ2n) is 4.52. The molecule has 0 radical (unpaired) electrons. The maximum Gasteiger partial charge on any atom is 0.222 e. The lowest BCUT2D eigenvalue weighted by molar-refractivity contribution is -0.130. The van der Waals surface area contributed by atoms with Crippen LogP contribution >= 0.6 is 11.6 Å². The Hall–Kier alpha value is -1.06. The van der Waals surface area contributed by atoms with E-state index in [1.165, 1.54) is 0 Å². The van der Waals surface area contributed by atoms with Gasteiger partial charge >= 0.3 is 0 Å². The van der Waals surface area contributed by atoms with Crippen molar-refractivity contribution in [2.45, 2.75) is 25.3 Å². The van der Waals surface area contributed by atoms with Gasteiger partial charge in [-0.3, -0.25) is 4.79 Å². The Morgan fingerprint density at radius 3 is 3.00 bits per heavy atom. The molecule has 0 aliphatic carbocycles. The molecule has 1 fully saturated rings. The smallest absolute Gasteiger partial charge is 0.222 e. The van der Waals surface area contributed by atoms with Gasteiger partial charge in [-0.15, -0.1) is 0 Å². The Kier molecular flexibility index (Phi) is 4.02. The van der Waals surface area contributed by atoms with Crippen molar-refractivity contribution in [1.29, 1.82) is 0 Å². The number of nitrogens with two attached hydrogens (primary N) is 1. The predicted molar refractivity (Wildman–Crippen MR) is 68.9 cm³/mol. The van der Waals surface area contributed by atoms with Crippen molar-refractivity contribution < 1.29 is 4.79 Å². The van der Waals surface area contributed by atoms with Crippen LogP contribution in [0.3, 0.4) is 0 Å². The quantitative estimate of drug-likeness (QED) is 0.892. The first-order valence-corrected chi connectivity index (χ1v) is 6.31. The van der Waals surface area contributed by atoms with E-state index in [0.29, 0.717) is 13.0 Å². The Bertz CT molecular complexity index is 408. The number of nitrogens with zero attached hydrogens (tertiary/aromatic N) is 1. The zero-order valence-corrected chi connectivity index (χ0v) is 10.5. The molecule has 0 unspecified atom stereocenters. The van der Waals surface area contributed by atoms with Crippen LogP contribution in [0.25, 0.3) is 0 Å². The summed E-state index contributed by atoms with van der Waals surface area (Å²) >= 11 is 5.89. The lowest BCUT2D eigenvalue weighted by Gasteiger charge is -2.15. The third kappa shape index (κ3) is 3.45. The van der Waals surface area contributed by atoms with Gasteiger partial charge in [0.25, 0.3) is 0 Å². The van der Waals surface area contributed by atoms with Crippen LogP contribution in [0.15, 0.2) is 24.3 Å². The third-order valence-electron chi connectivity index (χ3n) is 3.09. The fraction of sp³-hybridized carbons (Fsp3) is 0.462. The predicted octanol–water partition coefficient (Wildman–Crippen LogP) is 1.83.